The van der Waals surface area contributed by atoms with Gasteiger partial charge in [0.2, 0.25) is 5.91 Å². The molecule has 0 aromatic carbocycles. The number of anilines is 1. The molecule has 1 rings (SSSR count). The van der Waals surface area contributed by atoms with Crippen molar-refractivity contribution in [1.29, 1.82) is 0 Å². The second-order valence-corrected chi connectivity index (χ2v) is 3.50. The molecule has 17 heavy (non-hydrogen) atoms. The van der Waals surface area contributed by atoms with Crippen molar-refractivity contribution >= 4 is 11.6 Å². The fourth-order valence-electron chi connectivity index (χ4n) is 1.23. The van der Waals surface area contributed by atoms with E-state index >= 15 is 0 Å². The molecule has 0 saturated carbocycles. The summed E-state index contributed by atoms with van der Waals surface area (Å²) in [5, 5.41) is 8.62. The number of aromatic amines is 1. The van der Waals surface area contributed by atoms with Crippen LogP contribution in [0.25, 0.3) is 0 Å². The Morgan fingerprint density at radius 3 is 3.06 bits per heavy atom. The van der Waals surface area contributed by atoms with Crippen molar-refractivity contribution in [2.24, 2.45) is 0 Å². The Bertz CT molecular complexity index is 418. The number of aromatic nitrogens is 2. The van der Waals surface area contributed by atoms with Crippen LogP contribution < -0.4 is 15.8 Å². The lowest BCUT2D eigenvalue weighted by molar-refractivity contribution is -0.119. The van der Waals surface area contributed by atoms with Gasteiger partial charge in [-0.3, -0.25) is 9.59 Å². The maximum atomic E-state index is 11.5. The Hall–Kier alpha value is -1.89. The van der Waals surface area contributed by atoms with Crippen molar-refractivity contribution in [3.05, 3.63) is 22.6 Å². The van der Waals surface area contributed by atoms with Gasteiger partial charge in [-0.1, -0.05) is 0 Å². The maximum Gasteiger partial charge on any atom is 0.266 e. The van der Waals surface area contributed by atoms with Crippen molar-refractivity contribution in [2.45, 2.75) is 0 Å². The molecule has 1 aromatic rings. The van der Waals surface area contributed by atoms with Crippen molar-refractivity contribution < 1.29 is 9.53 Å². The van der Waals surface area contributed by atoms with Crippen molar-refractivity contribution in [3.63, 3.8) is 0 Å². The minimum absolute atomic E-state index is 0.134. The van der Waals surface area contributed by atoms with Crippen LogP contribution in [0.1, 0.15) is 0 Å². The summed E-state index contributed by atoms with van der Waals surface area (Å²) < 4.78 is 4.81. The number of methoxy groups -OCH3 is 1. The molecule has 1 aromatic heterocycles. The van der Waals surface area contributed by atoms with E-state index in [2.05, 4.69) is 15.5 Å². The molecule has 0 aliphatic heterocycles. The van der Waals surface area contributed by atoms with E-state index in [1.165, 1.54) is 12.3 Å². The number of H-pyrrole nitrogens is 1. The van der Waals surface area contributed by atoms with Gasteiger partial charge in [0, 0.05) is 26.8 Å². The predicted octanol–water partition coefficient (Wildman–Crippen LogP) is -1.03. The monoisotopic (exact) mass is 240 g/mol. The van der Waals surface area contributed by atoms with Crippen LogP contribution in [0.5, 0.6) is 0 Å². The Kier molecular flexibility index (Phi) is 5.15. The van der Waals surface area contributed by atoms with Gasteiger partial charge in [0.15, 0.2) is 0 Å². The summed E-state index contributed by atoms with van der Waals surface area (Å²) in [6.07, 6.45) is 1.49. The standard InChI is InChI=1S/C10H16N4O3/c1-14(7-10(16)11-3-4-17-2)8-5-9(15)13-12-6-8/h5-6H,3-4,7H2,1-2H3,(H,11,16)(H,13,15). The molecule has 1 amide bonds. The first-order chi connectivity index (χ1) is 8.13. The second-order valence-electron chi connectivity index (χ2n) is 3.50. The summed E-state index contributed by atoms with van der Waals surface area (Å²) in [5.74, 6) is -0.134. The highest BCUT2D eigenvalue weighted by atomic mass is 16.5. The summed E-state index contributed by atoms with van der Waals surface area (Å²) in [6.45, 7) is 1.10. The second kappa shape index (κ2) is 6.64. The first-order valence-corrected chi connectivity index (χ1v) is 5.15. The number of amides is 1. The molecule has 1 heterocycles. The minimum Gasteiger partial charge on any atom is -0.383 e. The third-order valence-corrected chi connectivity index (χ3v) is 2.10. The van der Waals surface area contributed by atoms with E-state index in [-0.39, 0.29) is 18.0 Å². The van der Waals surface area contributed by atoms with Crippen LogP contribution in [0.3, 0.4) is 0 Å². The molecule has 2 N–H and O–H groups in total. The molecular formula is C10H16N4O3. The average molecular weight is 240 g/mol. The van der Waals surface area contributed by atoms with Crippen LogP contribution in [-0.4, -0.2) is 50.0 Å². The lowest BCUT2D eigenvalue weighted by Gasteiger charge is -2.17. The van der Waals surface area contributed by atoms with Gasteiger partial charge in [-0.2, -0.15) is 5.10 Å². The molecule has 0 saturated heterocycles. The fourth-order valence-corrected chi connectivity index (χ4v) is 1.23. The predicted molar refractivity (Wildman–Crippen MR) is 63.0 cm³/mol. The van der Waals surface area contributed by atoms with E-state index in [9.17, 15) is 9.59 Å². The summed E-state index contributed by atoms with van der Waals surface area (Å²) >= 11 is 0. The molecule has 7 heteroatoms. The van der Waals surface area contributed by atoms with Crippen LogP contribution in [0.15, 0.2) is 17.1 Å². The number of likely N-dealkylation sites (N-methyl/N-ethyl adjacent to an activating group) is 1. The number of rotatable bonds is 6. The van der Waals surface area contributed by atoms with Crippen LogP contribution in [0, 0.1) is 0 Å². The van der Waals surface area contributed by atoms with Gasteiger partial charge >= 0.3 is 0 Å². The number of carbonyl (C=O) groups excluding carboxylic acids is 1. The first-order valence-electron chi connectivity index (χ1n) is 5.15. The minimum atomic E-state index is -0.297. The molecule has 0 aliphatic carbocycles. The smallest absolute Gasteiger partial charge is 0.266 e. The Morgan fingerprint density at radius 1 is 1.65 bits per heavy atom. The molecule has 0 bridgehead atoms. The number of nitrogens with zero attached hydrogens (tertiary/aromatic N) is 2. The van der Waals surface area contributed by atoms with Gasteiger partial charge in [0.25, 0.3) is 5.56 Å². The van der Waals surface area contributed by atoms with Crippen LogP contribution in [-0.2, 0) is 9.53 Å². The molecule has 0 unspecified atom stereocenters. The largest absolute Gasteiger partial charge is 0.383 e. The van der Waals surface area contributed by atoms with E-state index in [1.807, 2.05) is 0 Å². The van der Waals surface area contributed by atoms with E-state index in [4.69, 9.17) is 4.74 Å². The normalized spacial score (nSPS) is 10.0. The first kappa shape index (κ1) is 13.2. The molecule has 0 atom stereocenters. The molecule has 0 fully saturated rings. The lowest BCUT2D eigenvalue weighted by atomic mass is 10.4. The van der Waals surface area contributed by atoms with Crippen molar-refractivity contribution in [3.8, 4) is 0 Å². The van der Waals surface area contributed by atoms with Gasteiger partial charge < -0.3 is 15.0 Å². The zero-order chi connectivity index (χ0) is 12.7. The van der Waals surface area contributed by atoms with Gasteiger partial charge in [0.05, 0.1) is 25.0 Å². The number of hydrogen-bond acceptors (Lipinski definition) is 5. The van der Waals surface area contributed by atoms with E-state index in [1.54, 1.807) is 19.1 Å². The maximum absolute atomic E-state index is 11.5. The summed E-state index contributed by atoms with van der Waals surface area (Å²) in [7, 11) is 3.28. The number of carbonyl (C=O) groups is 1. The van der Waals surface area contributed by atoms with E-state index in [0.717, 1.165) is 0 Å². The molecule has 0 radical (unpaired) electrons. The Labute approximate surface area is 98.8 Å². The molecular weight excluding hydrogens is 224 g/mol. The highest BCUT2D eigenvalue weighted by Gasteiger charge is 2.07. The van der Waals surface area contributed by atoms with Crippen molar-refractivity contribution in [1.82, 2.24) is 15.5 Å². The Balaban J connectivity index is 2.46. The van der Waals surface area contributed by atoms with Gasteiger partial charge in [0.1, 0.15) is 0 Å². The zero-order valence-electron chi connectivity index (χ0n) is 9.90. The summed E-state index contributed by atoms with van der Waals surface area (Å²) in [5.41, 5.74) is 0.296. The van der Waals surface area contributed by atoms with Crippen molar-refractivity contribution in [2.75, 3.05) is 38.8 Å². The van der Waals surface area contributed by atoms with Gasteiger partial charge in [-0.25, -0.2) is 5.10 Å². The third kappa shape index (κ3) is 4.64. The van der Waals surface area contributed by atoms with Crippen LogP contribution >= 0.6 is 0 Å². The third-order valence-electron chi connectivity index (χ3n) is 2.10. The van der Waals surface area contributed by atoms with Crippen LogP contribution in [0.4, 0.5) is 5.69 Å². The number of nitrogens with one attached hydrogen (secondary N) is 2. The lowest BCUT2D eigenvalue weighted by Crippen LogP contribution is -2.37. The van der Waals surface area contributed by atoms with E-state index < -0.39 is 0 Å². The van der Waals surface area contributed by atoms with Gasteiger partial charge in [-0.15, -0.1) is 0 Å². The highest BCUT2D eigenvalue weighted by molar-refractivity contribution is 5.81. The van der Waals surface area contributed by atoms with E-state index in [0.29, 0.717) is 18.8 Å². The highest BCUT2D eigenvalue weighted by Crippen LogP contribution is 2.04. The average Bonchev–Trinajstić information content (AvgIpc) is 2.29. The summed E-state index contributed by atoms with van der Waals surface area (Å²) in [4.78, 5) is 24.1. The molecule has 7 nitrogen and oxygen atoms in total. The molecule has 0 aliphatic rings. The number of ether oxygens (including phenoxy) is 1. The molecule has 0 spiro atoms. The quantitative estimate of drug-likeness (QED) is 0.621. The zero-order valence-corrected chi connectivity index (χ0v) is 9.90. The fraction of sp³-hybridized carbons (Fsp3) is 0.500. The SMILES string of the molecule is COCCNC(=O)CN(C)c1cn[nH]c(=O)c1. The topological polar surface area (TPSA) is 87.3 Å². The Morgan fingerprint density at radius 2 is 2.41 bits per heavy atom. The van der Waals surface area contributed by atoms with Crippen LogP contribution in [0.2, 0.25) is 0 Å². The molecule has 94 valence electrons. The number of hydrogen-bond donors (Lipinski definition) is 2. The van der Waals surface area contributed by atoms with Gasteiger partial charge in [-0.05, 0) is 0 Å². The summed E-state index contributed by atoms with van der Waals surface area (Å²) in [6, 6.07) is 1.38.